The molecule has 4 nitrogen and oxygen atoms in total. The van der Waals surface area contributed by atoms with Gasteiger partial charge in [-0.25, -0.2) is 4.39 Å². The van der Waals surface area contributed by atoms with Crippen molar-refractivity contribution >= 4 is 21.6 Å². The van der Waals surface area contributed by atoms with Gasteiger partial charge in [0.15, 0.2) is 0 Å². The Morgan fingerprint density at radius 3 is 2.47 bits per heavy atom. The van der Waals surface area contributed by atoms with Crippen molar-refractivity contribution in [3.05, 3.63) is 81.5 Å². The molecule has 0 aliphatic rings. The van der Waals surface area contributed by atoms with Gasteiger partial charge in [0.1, 0.15) is 36.3 Å². The molecule has 2 aromatic carbocycles. The molecule has 0 spiro atoms. The second-order valence-corrected chi connectivity index (χ2v) is 7.51. The maximum atomic E-state index is 13.5. The third-order valence-electron chi connectivity index (χ3n) is 4.33. The molecule has 30 heavy (non-hydrogen) atoms. The van der Waals surface area contributed by atoms with Gasteiger partial charge >= 0.3 is 6.18 Å². The fourth-order valence-corrected chi connectivity index (χ4v) is 3.21. The second-order valence-electron chi connectivity index (χ2n) is 6.59. The molecule has 0 radical (unpaired) electrons. The summed E-state index contributed by atoms with van der Waals surface area (Å²) in [5.41, 5.74) is -0.461. The number of furan rings is 1. The van der Waals surface area contributed by atoms with Crippen molar-refractivity contribution in [1.82, 2.24) is 0 Å². The Kier molecular flexibility index (Phi) is 6.72. The minimum Gasteiger partial charge on any atom is -0.487 e. The second kappa shape index (κ2) is 9.09. The minimum atomic E-state index is -4.78. The normalized spacial score (nSPS) is 11.6. The van der Waals surface area contributed by atoms with Crippen LogP contribution in [-0.2, 0) is 25.9 Å². The summed E-state index contributed by atoms with van der Waals surface area (Å²) < 4.78 is 64.3. The zero-order valence-corrected chi connectivity index (χ0v) is 17.4. The number of alkyl halides is 3. The fraction of sp³-hybridized carbons (Fsp3) is 0.238. The number of halogens is 5. The van der Waals surface area contributed by atoms with Crippen molar-refractivity contribution in [3.63, 3.8) is 0 Å². The molecule has 0 fully saturated rings. The first-order valence-electron chi connectivity index (χ1n) is 8.85. The molecule has 0 atom stereocenters. The van der Waals surface area contributed by atoms with Crippen LogP contribution in [0.15, 0.2) is 57.4 Å². The third kappa shape index (κ3) is 5.34. The molecule has 3 aromatic rings. The van der Waals surface area contributed by atoms with Gasteiger partial charge in [0, 0.05) is 11.5 Å². The summed E-state index contributed by atoms with van der Waals surface area (Å²) in [7, 11) is 1.80. The van der Waals surface area contributed by atoms with Crippen LogP contribution in [0.1, 0.15) is 22.6 Å². The van der Waals surface area contributed by atoms with Crippen molar-refractivity contribution in [2.45, 2.75) is 25.9 Å². The molecule has 0 saturated heterocycles. The highest BCUT2D eigenvalue weighted by molar-refractivity contribution is 9.10. The molecule has 3 rings (SSSR count). The number of ether oxygens (including phenoxy) is 1. The molecule has 0 saturated carbocycles. The van der Waals surface area contributed by atoms with E-state index in [4.69, 9.17) is 14.3 Å². The lowest BCUT2D eigenvalue weighted by Gasteiger charge is -2.22. The lowest BCUT2D eigenvalue weighted by Crippen LogP contribution is -2.17. The lowest BCUT2D eigenvalue weighted by molar-refractivity contribution is -0.140. The van der Waals surface area contributed by atoms with Gasteiger partial charge in [-0.3, -0.25) is 0 Å². The van der Waals surface area contributed by atoms with E-state index < -0.39 is 17.6 Å². The lowest BCUT2D eigenvalue weighted by atomic mass is 10.1. The van der Waals surface area contributed by atoms with E-state index in [1.54, 1.807) is 37.4 Å². The Balaban J connectivity index is 1.78. The Morgan fingerprint density at radius 1 is 1.07 bits per heavy atom. The van der Waals surface area contributed by atoms with E-state index in [1.165, 1.54) is 6.07 Å². The first-order chi connectivity index (χ1) is 14.2. The molecular weight excluding hydrogens is 470 g/mol. The van der Waals surface area contributed by atoms with Gasteiger partial charge in [0.25, 0.3) is 0 Å². The Hall–Kier alpha value is -2.52. The molecule has 1 aromatic heterocycles. The van der Waals surface area contributed by atoms with Gasteiger partial charge < -0.3 is 19.2 Å². The van der Waals surface area contributed by atoms with Crippen LogP contribution < -0.4 is 9.64 Å². The molecule has 0 aliphatic carbocycles. The van der Waals surface area contributed by atoms with Crippen molar-refractivity contribution in [2.75, 3.05) is 11.9 Å². The number of aliphatic hydroxyl groups is 1. The molecule has 0 aliphatic heterocycles. The van der Waals surface area contributed by atoms with E-state index in [0.29, 0.717) is 29.5 Å². The summed E-state index contributed by atoms with van der Waals surface area (Å²) in [4.78, 5) is 1.84. The number of hydrogen-bond donors (Lipinski definition) is 1. The van der Waals surface area contributed by atoms with Crippen molar-refractivity contribution < 1.29 is 31.8 Å². The quantitative estimate of drug-likeness (QED) is 0.421. The van der Waals surface area contributed by atoms with Crippen molar-refractivity contribution in [3.8, 4) is 5.75 Å². The smallest absolute Gasteiger partial charge is 0.419 e. The number of nitrogens with zero attached hydrogens (tertiary/aromatic N) is 1. The molecule has 0 bridgehead atoms. The van der Waals surface area contributed by atoms with Gasteiger partial charge in [0.05, 0.1) is 17.8 Å². The molecular formula is C21H18BrF4NO3. The van der Waals surface area contributed by atoms with Crippen LogP contribution in [0.5, 0.6) is 5.75 Å². The summed E-state index contributed by atoms with van der Waals surface area (Å²) in [5.74, 6) is 0.185. The largest absolute Gasteiger partial charge is 0.487 e. The summed E-state index contributed by atoms with van der Waals surface area (Å²) >= 11 is 3.40. The Morgan fingerprint density at radius 2 is 1.80 bits per heavy atom. The van der Waals surface area contributed by atoms with Crippen LogP contribution in [0.25, 0.3) is 0 Å². The van der Waals surface area contributed by atoms with Crippen molar-refractivity contribution in [1.29, 1.82) is 0 Å². The van der Waals surface area contributed by atoms with Gasteiger partial charge in [-0.05, 0) is 48.0 Å². The highest BCUT2D eigenvalue weighted by atomic mass is 79.9. The number of anilines is 1. The molecule has 1 N–H and O–H groups in total. The van der Waals surface area contributed by atoms with Crippen LogP contribution in [0.4, 0.5) is 23.2 Å². The van der Waals surface area contributed by atoms with Gasteiger partial charge in [0.2, 0.25) is 0 Å². The van der Waals surface area contributed by atoms with Crippen LogP contribution in [0.2, 0.25) is 0 Å². The van der Waals surface area contributed by atoms with Gasteiger partial charge in [-0.15, -0.1) is 0 Å². The van der Waals surface area contributed by atoms with Crippen LogP contribution in [-0.4, -0.2) is 12.2 Å². The average Bonchev–Trinajstić information content (AvgIpc) is 3.14. The fourth-order valence-electron chi connectivity index (χ4n) is 2.86. The SMILES string of the molecule is CN(Cc1ccc(CO)o1)c1cc(Br)ccc1OCc1ccc(F)c(C(F)(F)F)c1. The van der Waals surface area contributed by atoms with E-state index in [9.17, 15) is 17.6 Å². The number of rotatable bonds is 7. The predicted molar refractivity (Wildman–Crippen MR) is 107 cm³/mol. The molecule has 160 valence electrons. The van der Waals surface area contributed by atoms with E-state index in [2.05, 4.69) is 15.9 Å². The zero-order valence-electron chi connectivity index (χ0n) is 15.8. The summed E-state index contributed by atoms with van der Waals surface area (Å²) in [6.45, 7) is 0.00930. The van der Waals surface area contributed by atoms with Crippen LogP contribution in [0.3, 0.4) is 0 Å². The van der Waals surface area contributed by atoms with E-state index in [-0.39, 0.29) is 18.8 Å². The van der Waals surface area contributed by atoms with Gasteiger partial charge in [-0.2, -0.15) is 13.2 Å². The maximum Gasteiger partial charge on any atom is 0.419 e. The number of aliphatic hydroxyl groups excluding tert-OH is 1. The van der Waals surface area contributed by atoms with Crippen molar-refractivity contribution in [2.24, 2.45) is 0 Å². The van der Waals surface area contributed by atoms with Gasteiger partial charge in [-0.1, -0.05) is 22.0 Å². The van der Waals surface area contributed by atoms with Crippen LogP contribution >= 0.6 is 15.9 Å². The Labute approximate surface area is 178 Å². The first-order valence-corrected chi connectivity index (χ1v) is 9.64. The van der Waals surface area contributed by atoms with E-state index >= 15 is 0 Å². The summed E-state index contributed by atoms with van der Waals surface area (Å²) in [6, 6.07) is 11.4. The topological polar surface area (TPSA) is 45.8 Å². The molecule has 1 heterocycles. The molecule has 0 unspecified atom stereocenters. The average molecular weight is 488 g/mol. The van der Waals surface area contributed by atoms with E-state index in [1.807, 2.05) is 4.90 Å². The third-order valence-corrected chi connectivity index (χ3v) is 4.82. The van der Waals surface area contributed by atoms with E-state index in [0.717, 1.165) is 16.6 Å². The van der Waals surface area contributed by atoms with Crippen LogP contribution in [0, 0.1) is 5.82 Å². The number of hydrogen-bond acceptors (Lipinski definition) is 4. The number of benzene rings is 2. The highest BCUT2D eigenvalue weighted by Gasteiger charge is 2.34. The Bertz CT molecular complexity index is 1020. The summed E-state index contributed by atoms with van der Waals surface area (Å²) in [6.07, 6.45) is -4.78. The molecule has 9 heteroatoms. The monoisotopic (exact) mass is 487 g/mol. The predicted octanol–water partition coefficient (Wildman–Crippen LogP) is 5.91. The minimum absolute atomic E-state index is 0.165. The first kappa shape index (κ1) is 22.2. The maximum absolute atomic E-state index is 13.5. The molecule has 0 amide bonds. The zero-order chi connectivity index (χ0) is 21.9. The standard InChI is InChI=1S/C21H18BrF4NO3/c1-27(10-15-4-5-16(11-28)30-15)19-9-14(22)3-7-20(19)29-12-13-2-6-18(23)17(8-13)21(24,25)26/h2-9,28H,10-12H2,1H3. The summed E-state index contributed by atoms with van der Waals surface area (Å²) in [5, 5.41) is 9.12. The highest BCUT2D eigenvalue weighted by Crippen LogP contribution is 2.34.